The van der Waals surface area contributed by atoms with Gasteiger partial charge in [-0.25, -0.2) is 4.79 Å². The highest BCUT2D eigenvalue weighted by atomic mass is 16.7. The smallest absolute Gasteiger partial charge is 0.449 e. The number of anilines is 2. The van der Waals surface area contributed by atoms with Crippen LogP contribution in [0, 0.1) is 0 Å². The number of rotatable bonds is 5. The number of carboxylic acid groups (broad SMARTS) is 1. The molecule has 1 aliphatic heterocycles. The van der Waals surface area contributed by atoms with Gasteiger partial charge in [0.05, 0.1) is 5.57 Å². The first-order valence-electron chi connectivity index (χ1n) is 8.41. The lowest BCUT2D eigenvalue weighted by Crippen LogP contribution is -2.11. The highest BCUT2D eigenvalue weighted by molar-refractivity contribution is 6.32. The van der Waals surface area contributed by atoms with E-state index in [0.29, 0.717) is 22.5 Å². The molecule has 0 radical (unpaired) electrons. The monoisotopic (exact) mass is 367 g/mol. The summed E-state index contributed by atoms with van der Waals surface area (Å²) in [4.78, 5) is 25.2. The number of carbonyl (C=O) groups is 2. The van der Waals surface area contributed by atoms with Crippen molar-refractivity contribution in [3.05, 3.63) is 59.3 Å². The minimum Gasteiger partial charge on any atom is -0.449 e. The summed E-state index contributed by atoms with van der Waals surface area (Å²) in [7, 11) is 4.03. The summed E-state index contributed by atoms with van der Waals surface area (Å²) in [5, 5.41) is 14.8. The second-order valence-electron chi connectivity index (χ2n) is 6.59. The van der Waals surface area contributed by atoms with E-state index in [0.717, 1.165) is 12.2 Å². The van der Waals surface area contributed by atoms with Gasteiger partial charge < -0.3 is 25.4 Å². The summed E-state index contributed by atoms with van der Waals surface area (Å²) in [6.45, 7) is 2.66. The number of nitrogens with zero attached hydrogens (tertiary/aromatic N) is 1. The minimum absolute atomic E-state index is 0.163. The van der Waals surface area contributed by atoms with E-state index in [-0.39, 0.29) is 11.7 Å². The summed E-state index contributed by atoms with van der Waals surface area (Å²) in [6.07, 6.45) is -1.40. The van der Waals surface area contributed by atoms with Crippen LogP contribution < -0.4 is 15.4 Å². The van der Waals surface area contributed by atoms with Crippen LogP contribution in [0.5, 0.6) is 5.75 Å². The quantitative estimate of drug-likeness (QED) is 0.425. The van der Waals surface area contributed by atoms with Crippen LogP contribution in [0.2, 0.25) is 0 Å². The average Bonchev–Trinajstić information content (AvgIpc) is 2.91. The van der Waals surface area contributed by atoms with Crippen molar-refractivity contribution >= 4 is 29.0 Å². The highest BCUT2D eigenvalue weighted by Crippen LogP contribution is 2.36. The summed E-state index contributed by atoms with van der Waals surface area (Å²) < 4.78 is 4.70. The minimum atomic E-state index is -1.40. The molecule has 140 valence electrons. The van der Waals surface area contributed by atoms with Gasteiger partial charge in [-0.1, -0.05) is 12.1 Å². The molecule has 0 fully saturated rings. The van der Waals surface area contributed by atoms with Gasteiger partial charge >= 0.3 is 6.16 Å². The number of carbonyl (C=O) groups excluding carboxylic acids is 1. The Morgan fingerprint density at radius 3 is 2.52 bits per heavy atom. The number of fused-ring (bicyclic) bond motifs is 1. The molecule has 0 spiro atoms. The van der Waals surface area contributed by atoms with Crippen molar-refractivity contribution in [1.82, 2.24) is 4.90 Å². The van der Waals surface area contributed by atoms with Crippen LogP contribution in [0.15, 0.2) is 48.2 Å². The Morgan fingerprint density at radius 2 is 1.89 bits per heavy atom. The third-order valence-corrected chi connectivity index (χ3v) is 4.10. The van der Waals surface area contributed by atoms with E-state index in [4.69, 9.17) is 9.84 Å². The fourth-order valence-corrected chi connectivity index (χ4v) is 3.02. The Morgan fingerprint density at radius 1 is 1.19 bits per heavy atom. The molecule has 27 heavy (non-hydrogen) atoms. The molecular weight excluding hydrogens is 346 g/mol. The van der Waals surface area contributed by atoms with Crippen molar-refractivity contribution in [3.8, 4) is 5.75 Å². The maximum atomic E-state index is 12.4. The molecule has 7 heteroatoms. The van der Waals surface area contributed by atoms with Crippen molar-refractivity contribution in [2.75, 3.05) is 24.7 Å². The van der Waals surface area contributed by atoms with Crippen molar-refractivity contribution in [3.63, 3.8) is 0 Å². The molecule has 1 heterocycles. The molecule has 0 unspecified atom stereocenters. The number of amides is 1. The van der Waals surface area contributed by atoms with E-state index in [1.54, 1.807) is 12.1 Å². The van der Waals surface area contributed by atoms with E-state index in [1.165, 1.54) is 11.6 Å². The zero-order chi connectivity index (χ0) is 19.6. The third kappa shape index (κ3) is 4.27. The standard InChI is InChI=1S/C20H21N3O4/c1-12(21-14-6-4-13(5-7-14)11-23(2)3)18-16-10-15(27-20(25)26)8-9-17(16)22-19(18)24/h4-10,21H,11H2,1-3H3,(H,22,24)(H,25,26)/b18-12-. The van der Waals surface area contributed by atoms with Gasteiger partial charge in [-0.05, 0) is 56.9 Å². The molecule has 2 aromatic carbocycles. The Bertz CT molecular complexity index is 917. The lowest BCUT2D eigenvalue weighted by molar-refractivity contribution is -0.110. The predicted octanol–water partition coefficient (Wildman–Crippen LogP) is 3.60. The van der Waals surface area contributed by atoms with Gasteiger partial charge in [-0.2, -0.15) is 0 Å². The van der Waals surface area contributed by atoms with Gasteiger partial charge in [0.1, 0.15) is 5.75 Å². The lowest BCUT2D eigenvalue weighted by Gasteiger charge is -2.12. The van der Waals surface area contributed by atoms with Crippen molar-refractivity contribution < 1.29 is 19.4 Å². The van der Waals surface area contributed by atoms with Gasteiger partial charge in [-0.3, -0.25) is 4.79 Å². The van der Waals surface area contributed by atoms with Crippen LogP contribution in [0.1, 0.15) is 18.1 Å². The molecule has 0 atom stereocenters. The normalized spacial score (nSPS) is 14.6. The molecule has 7 nitrogen and oxygen atoms in total. The Balaban J connectivity index is 1.87. The van der Waals surface area contributed by atoms with E-state index in [9.17, 15) is 9.59 Å². The van der Waals surface area contributed by atoms with Gasteiger partial charge in [0.15, 0.2) is 0 Å². The molecule has 0 aliphatic carbocycles. The maximum absolute atomic E-state index is 12.4. The molecule has 0 saturated carbocycles. The van der Waals surface area contributed by atoms with Crippen LogP contribution in [0.25, 0.3) is 5.57 Å². The largest absolute Gasteiger partial charge is 0.511 e. The second-order valence-corrected chi connectivity index (χ2v) is 6.59. The van der Waals surface area contributed by atoms with Crippen LogP contribution in [-0.4, -0.2) is 36.2 Å². The molecule has 3 N–H and O–H groups in total. The first kappa shape index (κ1) is 18.5. The first-order valence-corrected chi connectivity index (χ1v) is 8.41. The molecule has 1 amide bonds. The number of nitrogens with one attached hydrogen (secondary N) is 2. The van der Waals surface area contributed by atoms with Crippen LogP contribution in [0.4, 0.5) is 16.2 Å². The molecule has 2 aromatic rings. The number of hydrogen-bond acceptors (Lipinski definition) is 5. The van der Waals surface area contributed by atoms with Crippen LogP contribution in [-0.2, 0) is 11.3 Å². The average molecular weight is 367 g/mol. The summed E-state index contributed by atoms with van der Waals surface area (Å²) >= 11 is 0. The van der Waals surface area contributed by atoms with Crippen molar-refractivity contribution in [2.45, 2.75) is 13.5 Å². The van der Waals surface area contributed by atoms with Crippen molar-refractivity contribution in [1.29, 1.82) is 0 Å². The van der Waals surface area contributed by atoms with E-state index < -0.39 is 6.16 Å². The van der Waals surface area contributed by atoms with Gasteiger partial charge in [0.25, 0.3) is 5.91 Å². The second kappa shape index (κ2) is 7.51. The fourth-order valence-electron chi connectivity index (χ4n) is 3.02. The van der Waals surface area contributed by atoms with Gasteiger partial charge in [0.2, 0.25) is 0 Å². The zero-order valence-corrected chi connectivity index (χ0v) is 15.4. The Labute approximate surface area is 157 Å². The van der Waals surface area contributed by atoms with E-state index >= 15 is 0 Å². The lowest BCUT2D eigenvalue weighted by atomic mass is 10.0. The maximum Gasteiger partial charge on any atom is 0.511 e. The molecule has 0 saturated heterocycles. The highest BCUT2D eigenvalue weighted by Gasteiger charge is 2.27. The molecular formula is C20H21N3O4. The van der Waals surface area contributed by atoms with Crippen LogP contribution >= 0.6 is 0 Å². The molecule has 0 aromatic heterocycles. The Hall–Kier alpha value is -3.32. The fraction of sp³-hybridized carbons (Fsp3) is 0.200. The number of ether oxygens (including phenoxy) is 1. The third-order valence-electron chi connectivity index (χ3n) is 4.10. The Kier molecular flexibility index (Phi) is 5.14. The summed E-state index contributed by atoms with van der Waals surface area (Å²) in [6, 6.07) is 12.6. The molecule has 0 bridgehead atoms. The van der Waals surface area contributed by atoms with Gasteiger partial charge in [-0.15, -0.1) is 0 Å². The SMILES string of the molecule is C/C(Nc1ccc(CN(C)C)cc1)=C1/C(=O)Nc2ccc(OC(=O)O)cc21. The zero-order valence-electron chi connectivity index (χ0n) is 15.4. The molecule has 1 aliphatic rings. The first-order chi connectivity index (χ1) is 12.8. The summed E-state index contributed by atoms with van der Waals surface area (Å²) in [5.41, 5.74) is 4.40. The number of benzene rings is 2. The van der Waals surface area contributed by atoms with E-state index in [2.05, 4.69) is 15.5 Å². The predicted molar refractivity (Wildman–Crippen MR) is 104 cm³/mol. The number of allylic oxidation sites excluding steroid dienone is 1. The van der Waals surface area contributed by atoms with Crippen molar-refractivity contribution in [2.24, 2.45) is 0 Å². The topological polar surface area (TPSA) is 90.9 Å². The molecule has 3 rings (SSSR count). The van der Waals surface area contributed by atoms with Crippen LogP contribution in [0.3, 0.4) is 0 Å². The van der Waals surface area contributed by atoms with E-state index in [1.807, 2.05) is 45.3 Å². The summed E-state index contributed by atoms with van der Waals surface area (Å²) in [5.74, 6) is -0.0807. The van der Waals surface area contributed by atoms with Gasteiger partial charge in [0, 0.05) is 29.2 Å². The number of hydrogen-bond donors (Lipinski definition) is 3.